The number of hydrogen-bond acceptors (Lipinski definition) is 3. The van der Waals surface area contributed by atoms with Crippen molar-refractivity contribution in [2.24, 2.45) is 0 Å². The van der Waals surface area contributed by atoms with E-state index < -0.39 is 18.2 Å². The molecule has 0 aliphatic heterocycles. The normalized spacial score (nSPS) is 9.80. The van der Waals surface area contributed by atoms with Crippen molar-refractivity contribution in [3.05, 3.63) is 23.5 Å². The molecule has 15 heavy (non-hydrogen) atoms. The van der Waals surface area contributed by atoms with Crippen LogP contribution in [-0.4, -0.2) is 25.3 Å². The number of methoxy groups -OCH3 is 2. The number of hydrogen-bond donors (Lipinski definition) is 1. The van der Waals surface area contributed by atoms with E-state index >= 15 is 0 Å². The van der Waals surface area contributed by atoms with Crippen LogP contribution < -0.4 is 9.47 Å². The van der Waals surface area contributed by atoms with Crippen LogP contribution in [0.5, 0.6) is 11.5 Å². The molecule has 5 heteroatoms. The number of carboxylic acids is 1. The van der Waals surface area contributed by atoms with E-state index in [1.165, 1.54) is 26.4 Å². The standard InChI is InChI=1S/C10H11FO4/c1-14-7-3-4-8(15-2)10(11)6(7)5-9(12)13/h3-4H,5H2,1-2H3,(H,12,13). The summed E-state index contributed by atoms with van der Waals surface area (Å²) in [5, 5.41) is 8.61. The van der Waals surface area contributed by atoms with Gasteiger partial charge in [-0.3, -0.25) is 4.79 Å². The van der Waals surface area contributed by atoms with Crippen LogP contribution in [0.1, 0.15) is 5.56 Å². The first-order chi connectivity index (χ1) is 7.10. The van der Waals surface area contributed by atoms with Crippen molar-refractivity contribution in [1.29, 1.82) is 0 Å². The minimum absolute atomic E-state index is 0.00653. The van der Waals surface area contributed by atoms with E-state index in [9.17, 15) is 9.18 Å². The van der Waals surface area contributed by atoms with Crippen LogP contribution >= 0.6 is 0 Å². The topological polar surface area (TPSA) is 55.8 Å². The van der Waals surface area contributed by atoms with Gasteiger partial charge >= 0.3 is 5.97 Å². The zero-order valence-electron chi connectivity index (χ0n) is 8.41. The van der Waals surface area contributed by atoms with Gasteiger partial charge in [-0.1, -0.05) is 0 Å². The number of aliphatic carboxylic acids is 1. The maximum atomic E-state index is 13.6. The van der Waals surface area contributed by atoms with Gasteiger partial charge in [-0.2, -0.15) is 0 Å². The summed E-state index contributed by atoms with van der Waals surface area (Å²) in [6, 6.07) is 2.86. The smallest absolute Gasteiger partial charge is 0.308 e. The lowest BCUT2D eigenvalue weighted by atomic mass is 10.1. The first-order valence-corrected chi connectivity index (χ1v) is 4.21. The van der Waals surface area contributed by atoms with Crippen LogP contribution in [0.25, 0.3) is 0 Å². The average molecular weight is 214 g/mol. The summed E-state index contributed by atoms with van der Waals surface area (Å²) in [6.45, 7) is 0. The number of ether oxygens (including phenoxy) is 2. The van der Waals surface area contributed by atoms with Gasteiger partial charge in [0.25, 0.3) is 0 Å². The quantitative estimate of drug-likeness (QED) is 0.824. The van der Waals surface area contributed by atoms with Gasteiger partial charge in [-0.05, 0) is 12.1 Å². The SMILES string of the molecule is COc1ccc(OC)c(CC(=O)O)c1F. The Bertz CT molecular complexity index is 376. The second-order valence-corrected chi connectivity index (χ2v) is 2.83. The molecule has 1 rings (SSSR count). The molecule has 1 N–H and O–H groups in total. The molecule has 1 aromatic rings. The number of carboxylic acid groups (broad SMARTS) is 1. The van der Waals surface area contributed by atoms with Crippen molar-refractivity contribution in [3.8, 4) is 11.5 Å². The third-order valence-corrected chi connectivity index (χ3v) is 1.93. The molecule has 0 radical (unpaired) electrons. The van der Waals surface area contributed by atoms with E-state index in [1.54, 1.807) is 0 Å². The zero-order valence-corrected chi connectivity index (χ0v) is 8.41. The summed E-state index contributed by atoms with van der Waals surface area (Å²) in [4.78, 5) is 10.5. The highest BCUT2D eigenvalue weighted by Gasteiger charge is 2.17. The molecule has 0 spiro atoms. The first kappa shape index (κ1) is 11.3. The molecule has 0 saturated carbocycles. The van der Waals surface area contributed by atoms with Crippen LogP contribution in [-0.2, 0) is 11.2 Å². The summed E-state index contributed by atoms with van der Waals surface area (Å²) in [5.41, 5.74) is -0.00986. The minimum Gasteiger partial charge on any atom is -0.496 e. The molecule has 0 aliphatic carbocycles. The highest BCUT2D eigenvalue weighted by molar-refractivity contribution is 5.71. The summed E-state index contributed by atoms with van der Waals surface area (Å²) in [5.74, 6) is -1.61. The minimum atomic E-state index is -1.12. The highest BCUT2D eigenvalue weighted by atomic mass is 19.1. The van der Waals surface area contributed by atoms with Crippen LogP contribution in [0.3, 0.4) is 0 Å². The second kappa shape index (κ2) is 4.63. The van der Waals surface area contributed by atoms with E-state index in [0.29, 0.717) is 0 Å². The first-order valence-electron chi connectivity index (χ1n) is 4.21. The predicted octanol–water partition coefficient (Wildman–Crippen LogP) is 1.47. The number of halogens is 1. The van der Waals surface area contributed by atoms with Crippen molar-refractivity contribution >= 4 is 5.97 Å². The van der Waals surface area contributed by atoms with E-state index in [1.807, 2.05) is 0 Å². The Hall–Kier alpha value is -1.78. The maximum Gasteiger partial charge on any atom is 0.308 e. The maximum absolute atomic E-state index is 13.6. The Labute approximate surface area is 86.2 Å². The van der Waals surface area contributed by atoms with Gasteiger partial charge in [0.2, 0.25) is 0 Å². The molecule has 0 aromatic heterocycles. The molecule has 0 unspecified atom stereocenters. The lowest BCUT2D eigenvalue weighted by Crippen LogP contribution is -2.06. The number of carbonyl (C=O) groups is 1. The Morgan fingerprint density at radius 3 is 2.33 bits per heavy atom. The third-order valence-electron chi connectivity index (χ3n) is 1.93. The van der Waals surface area contributed by atoms with Crippen LogP contribution in [0.4, 0.5) is 4.39 Å². The van der Waals surface area contributed by atoms with Gasteiger partial charge in [0.1, 0.15) is 5.75 Å². The highest BCUT2D eigenvalue weighted by Crippen LogP contribution is 2.29. The van der Waals surface area contributed by atoms with Gasteiger partial charge in [0, 0.05) is 5.56 Å². The van der Waals surface area contributed by atoms with Crippen molar-refractivity contribution in [1.82, 2.24) is 0 Å². The largest absolute Gasteiger partial charge is 0.496 e. The molecule has 0 aliphatic rings. The van der Waals surface area contributed by atoms with Crippen LogP contribution in [0.2, 0.25) is 0 Å². The van der Waals surface area contributed by atoms with E-state index in [-0.39, 0.29) is 17.1 Å². The Kier molecular flexibility index (Phi) is 3.49. The van der Waals surface area contributed by atoms with Gasteiger partial charge in [-0.15, -0.1) is 0 Å². The van der Waals surface area contributed by atoms with Crippen LogP contribution in [0.15, 0.2) is 12.1 Å². The van der Waals surface area contributed by atoms with E-state index in [4.69, 9.17) is 14.6 Å². The average Bonchev–Trinajstić information content (AvgIpc) is 2.20. The monoisotopic (exact) mass is 214 g/mol. The summed E-state index contributed by atoms with van der Waals surface area (Å²) in [7, 11) is 2.67. The Morgan fingerprint density at radius 2 is 1.87 bits per heavy atom. The molecule has 1 aromatic carbocycles. The van der Waals surface area contributed by atoms with Crippen molar-refractivity contribution in [2.75, 3.05) is 14.2 Å². The molecule has 0 fully saturated rings. The molecule has 0 bridgehead atoms. The number of benzene rings is 1. The third kappa shape index (κ3) is 2.37. The molecule has 0 saturated heterocycles. The second-order valence-electron chi connectivity index (χ2n) is 2.83. The molecular formula is C10H11FO4. The summed E-state index contributed by atoms with van der Waals surface area (Å²) in [6.07, 6.45) is -0.438. The Balaban J connectivity index is 3.22. The van der Waals surface area contributed by atoms with E-state index in [0.717, 1.165) is 0 Å². The molecule has 4 nitrogen and oxygen atoms in total. The van der Waals surface area contributed by atoms with Gasteiger partial charge in [0.15, 0.2) is 11.6 Å². The van der Waals surface area contributed by atoms with E-state index in [2.05, 4.69) is 0 Å². The summed E-state index contributed by atoms with van der Waals surface area (Å²) < 4.78 is 23.2. The fraction of sp³-hybridized carbons (Fsp3) is 0.300. The molecular weight excluding hydrogens is 203 g/mol. The zero-order chi connectivity index (χ0) is 11.4. The molecule has 0 atom stereocenters. The van der Waals surface area contributed by atoms with Gasteiger partial charge in [-0.25, -0.2) is 4.39 Å². The predicted molar refractivity (Wildman–Crippen MR) is 50.8 cm³/mol. The van der Waals surface area contributed by atoms with Crippen LogP contribution in [0, 0.1) is 5.82 Å². The Morgan fingerprint density at radius 1 is 1.33 bits per heavy atom. The molecule has 82 valence electrons. The fourth-order valence-corrected chi connectivity index (χ4v) is 1.25. The van der Waals surface area contributed by atoms with Gasteiger partial charge in [0.05, 0.1) is 20.6 Å². The van der Waals surface area contributed by atoms with Crippen molar-refractivity contribution < 1.29 is 23.8 Å². The van der Waals surface area contributed by atoms with Crippen molar-refractivity contribution in [2.45, 2.75) is 6.42 Å². The lowest BCUT2D eigenvalue weighted by molar-refractivity contribution is -0.136. The summed E-state index contributed by atoms with van der Waals surface area (Å²) >= 11 is 0. The molecule has 0 heterocycles. The van der Waals surface area contributed by atoms with Crippen molar-refractivity contribution in [3.63, 3.8) is 0 Å². The van der Waals surface area contributed by atoms with Gasteiger partial charge < -0.3 is 14.6 Å². The molecule has 0 amide bonds. The fourth-order valence-electron chi connectivity index (χ4n) is 1.25. The number of rotatable bonds is 4. The lowest BCUT2D eigenvalue weighted by Gasteiger charge is -2.10.